The van der Waals surface area contributed by atoms with Gasteiger partial charge in [-0.1, -0.05) is 19.8 Å². The van der Waals surface area contributed by atoms with Gasteiger partial charge < -0.3 is 5.32 Å². The van der Waals surface area contributed by atoms with Crippen LogP contribution in [0.3, 0.4) is 0 Å². The number of carbonyl (C=O) groups excluding carboxylic acids is 1. The summed E-state index contributed by atoms with van der Waals surface area (Å²) < 4.78 is 29.0. The highest BCUT2D eigenvalue weighted by Gasteiger charge is 2.36. The van der Waals surface area contributed by atoms with Gasteiger partial charge >= 0.3 is 0 Å². The van der Waals surface area contributed by atoms with E-state index in [0.717, 1.165) is 25.7 Å². The molecule has 2 heterocycles. The summed E-state index contributed by atoms with van der Waals surface area (Å²) in [4.78, 5) is 13.0. The second-order valence-corrected chi connectivity index (χ2v) is 9.70. The van der Waals surface area contributed by atoms with Crippen LogP contribution in [0.2, 0.25) is 0 Å². The maximum Gasteiger partial charge on any atom is 0.246 e. The molecule has 3 rings (SSSR count). The fourth-order valence-electron chi connectivity index (χ4n) is 4.08. The lowest BCUT2D eigenvalue weighted by molar-refractivity contribution is -0.127. The van der Waals surface area contributed by atoms with E-state index in [9.17, 15) is 13.2 Å². The number of nitrogens with zero attached hydrogens (tertiary/aromatic N) is 3. The molecule has 1 aliphatic carbocycles. The van der Waals surface area contributed by atoms with Crippen molar-refractivity contribution in [3.63, 3.8) is 0 Å². The molecule has 2 aliphatic rings. The number of amides is 1. The Kier molecular flexibility index (Phi) is 5.72. The number of aryl methyl sites for hydroxylation is 1. The fourth-order valence-corrected chi connectivity index (χ4v) is 5.79. The standard InChI is InChI=1S/C18H30N4O3S/c1-13-7-4-5-9-16(13)20-18(23)15-8-6-10-22(12-15)26(24,25)17-11-19-21(3)14(17)2/h11,13,15-16H,4-10,12H2,1-3H3,(H,20,23). The molecule has 1 aliphatic heterocycles. The van der Waals surface area contributed by atoms with Crippen LogP contribution in [0.5, 0.6) is 0 Å². The van der Waals surface area contributed by atoms with Crippen LogP contribution >= 0.6 is 0 Å². The second-order valence-electron chi connectivity index (χ2n) is 7.80. The molecule has 0 spiro atoms. The van der Waals surface area contributed by atoms with E-state index in [4.69, 9.17) is 0 Å². The molecule has 3 atom stereocenters. The molecular formula is C18H30N4O3S. The maximum absolute atomic E-state index is 13.0. The Morgan fingerprint density at radius 2 is 1.96 bits per heavy atom. The fraction of sp³-hybridized carbons (Fsp3) is 0.778. The summed E-state index contributed by atoms with van der Waals surface area (Å²) in [5.74, 6) is 0.227. The topological polar surface area (TPSA) is 84.3 Å². The Morgan fingerprint density at radius 1 is 1.23 bits per heavy atom. The highest BCUT2D eigenvalue weighted by molar-refractivity contribution is 7.89. The van der Waals surface area contributed by atoms with Crippen molar-refractivity contribution in [1.82, 2.24) is 19.4 Å². The molecule has 1 saturated heterocycles. The van der Waals surface area contributed by atoms with E-state index in [1.165, 1.54) is 16.9 Å². The molecule has 7 nitrogen and oxygen atoms in total. The summed E-state index contributed by atoms with van der Waals surface area (Å²) in [6.45, 7) is 4.65. The average Bonchev–Trinajstić information content (AvgIpc) is 2.97. The Hall–Kier alpha value is -1.41. The van der Waals surface area contributed by atoms with Crippen molar-refractivity contribution in [2.45, 2.75) is 63.3 Å². The van der Waals surface area contributed by atoms with E-state index < -0.39 is 10.0 Å². The van der Waals surface area contributed by atoms with Gasteiger partial charge in [-0.05, 0) is 38.5 Å². The van der Waals surface area contributed by atoms with Gasteiger partial charge in [0.2, 0.25) is 15.9 Å². The van der Waals surface area contributed by atoms with Gasteiger partial charge in [-0.15, -0.1) is 0 Å². The summed E-state index contributed by atoms with van der Waals surface area (Å²) in [6, 6.07) is 0.226. The van der Waals surface area contributed by atoms with Crippen molar-refractivity contribution in [3.05, 3.63) is 11.9 Å². The number of hydrogen-bond donors (Lipinski definition) is 1. The van der Waals surface area contributed by atoms with Crippen LogP contribution in [0, 0.1) is 18.8 Å². The zero-order chi connectivity index (χ0) is 18.9. The monoisotopic (exact) mass is 382 g/mol. The summed E-state index contributed by atoms with van der Waals surface area (Å²) in [5, 5.41) is 7.24. The number of nitrogens with one attached hydrogen (secondary N) is 1. The first kappa shape index (κ1) is 19.4. The van der Waals surface area contributed by atoms with Gasteiger partial charge in [-0.3, -0.25) is 9.48 Å². The summed E-state index contributed by atoms with van der Waals surface area (Å²) in [5.41, 5.74) is 0.618. The number of carbonyl (C=O) groups is 1. The zero-order valence-corrected chi connectivity index (χ0v) is 16.8. The molecule has 1 saturated carbocycles. The third-order valence-electron chi connectivity index (χ3n) is 6.00. The van der Waals surface area contributed by atoms with Gasteiger partial charge in [0.25, 0.3) is 0 Å². The van der Waals surface area contributed by atoms with Crippen LogP contribution in [-0.4, -0.2) is 47.5 Å². The van der Waals surface area contributed by atoms with Crippen LogP contribution in [-0.2, 0) is 21.9 Å². The first-order valence-corrected chi connectivity index (χ1v) is 11.0. The Morgan fingerprint density at radius 3 is 2.62 bits per heavy atom. The van der Waals surface area contributed by atoms with Crippen LogP contribution in [0.15, 0.2) is 11.1 Å². The van der Waals surface area contributed by atoms with Crippen molar-refractivity contribution < 1.29 is 13.2 Å². The zero-order valence-electron chi connectivity index (χ0n) is 15.9. The van der Waals surface area contributed by atoms with E-state index in [1.807, 2.05) is 0 Å². The Bertz CT molecular complexity index is 758. The smallest absolute Gasteiger partial charge is 0.246 e. The minimum Gasteiger partial charge on any atom is -0.353 e. The van der Waals surface area contributed by atoms with E-state index in [0.29, 0.717) is 24.6 Å². The van der Waals surface area contributed by atoms with Gasteiger partial charge in [0.05, 0.1) is 17.8 Å². The molecular weight excluding hydrogens is 352 g/mol. The number of sulfonamides is 1. The third kappa shape index (κ3) is 3.81. The van der Waals surface area contributed by atoms with Gasteiger partial charge in [0, 0.05) is 26.2 Å². The van der Waals surface area contributed by atoms with Crippen LogP contribution in [0.1, 0.15) is 51.1 Å². The molecule has 1 aromatic heterocycles. The highest BCUT2D eigenvalue weighted by Crippen LogP contribution is 2.27. The number of piperidine rings is 1. The molecule has 3 unspecified atom stereocenters. The average molecular weight is 383 g/mol. The molecule has 1 N–H and O–H groups in total. The maximum atomic E-state index is 13.0. The van der Waals surface area contributed by atoms with Crippen LogP contribution < -0.4 is 5.32 Å². The summed E-state index contributed by atoms with van der Waals surface area (Å²) >= 11 is 0. The molecule has 2 fully saturated rings. The molecule has 1 aromatic rings. The molecule has 8 heteroatoms. The number of rotatable bonds is 4. The van der Waals surface area contributed by atoms with Crippen molar-refractivity contribution in [2.75, 3.05) is 13.1 Å². The predicted molar refractivity (Wildman–Crippen MR) is 99.0 cm³/mol. The lowest BCUT2D eigenvalue weighted by atomic mass is 9.85. The molecule has 0 bridgehead atoms. The normalized spacial score (nSPS) is 28.0. The van der Waals surface area contributed by atoms with E-state index in [-0.39, 0.29) is 29.3 Å². The van der Waals surface area contributed by atoms with Crippen molar-refractivity contribution in [3.8, 4) is 0 Å². The van der Waals surface area contributed by atoms with Gasteiger partial charge in [0.1, 0.15) is 4.90 Å². The minimum atomic E-state index is -3.61. The molecule has 146 valence electrons. The SMILES string of the molecule is Cc1c(S(=O)(=O)N2CCCC(C(=O)NC3CCCCC3C)C2)cnn1C. The molecule has 0 aromatic carbocycles. The quantitative estimate of drug-likeness (QED) is 0.861. The Balaban J connectivity index is 1.68. The number of hydrogen-bond acceptors (Lipinski definition) is 4. The lowest BCUT2D eigenvalue weighted by Gasteiger charge is -2.34. The van der Waals surface area contributed by atoms with Gasteiger partial charge in [-0.25, -0.2) is 8.42 Å². The van der Waals surface area contributed by atoms with E-state index >= 15 is 0 Å². The third-order valence-corrected chi connectivity index (χ3v) is 7.97. The van der Waals surface area contributed by atoms with Gasteiger partial charge in [0.15, 0.2) is 0 Å². The predicted octanol–water partition coefficient (Wildman–Crippen LogP) is 1.82. The minimum absolute atomic E-state index is 0.00607. The van der Waals surface area contributed by atoms with Crippen molar-refractivity contribution >= 4 is 15.9 Å². The summed E-state index contributed by atoms with van der Waals surface area (Å²) in [6.07, 6.45) is 7.40. The first-order valence-electron chi connectivity index (χ1n) is 9.60. The second kappa shape index (κ2) is 7.68. The van der Waals surface area contributed by atoms with Crippen molar-refractivity contribution in [2.24, 2.45) is 18.9 Å². The molecule has 26 heavy (non-hydrogen) atoms. The van der Waals surface area contributed by atoms with Crippen molar-refractivity contribution in [1.29, 1.82) is 0 Å². The van der Waals surface area contributed by atoms with Crippen LogP contribution in [0.25, 0.3) is 0 Å². The van der Waals surface area contributed by atoms with E-state index in [2.05, 4.69) is 17.3 Å². The molecule has 0 radical (unpaired) electrons. The van der Waals surface area contributed by atoms with E-state index in [1.54, 1.807) is 18.7 Å². The van der Waals surface area contributed by atoms with Gasteiger partial charge in [-0.2, -0.15) is 9.40 Å². The van der Waals surface area contributed by atoms with Crippen LogP contribution in [0.4, 0.5) is 0 Å². The number of aromatic nitrogens is 2. The summed E-state index contributed by atoms with van der Waals surface area (Å²) in [7, 11) is -1.88. The first-order chi connectivity index (χ1) is 12.3. The largest absolute Gasteiger partial charge is 0.353 e. The lowest BCUT2D eigenvalue weighted by Crippen LogP contribution is -2.49. The Labute approximate surface area is 156 Å². The highest BCUT2D eigenvalue weighted by atomic mass is 32.2. The molecule has 1 amide bonds.